The van der Waals surface area contributed by atoms with Gasteiger partial charge in [0.15, 0.2) is 0 Å². The Morgan fingerprint density at radius 3 is 1.92 bits per heavy atom. The highest BCUT2D eigenvalue weighted by molar-refractivity contribution is 6.07. The van der Waals surface area contributed by atoms with Gasteiger partial charge >= 0.3 is 0 Å². The number of para-hydroxylation sites is 2. The van der Waals surface area contributed by atoms with Crippen molar-refractivity contribution in [2.75, 3.05) is 4.90 Å². The minimum Gasteiger partial charge on any atom is -0.456 e. The minimum absolute atomic E-state index is 0.112. The molecule has 0 atom stereocenters. The Kier molecular flexibility index (Phi) is 6.56. The quantitative estimate of drug-likeness (QED) is 0.184. The molecule has 2 heteroatoms. The lowest BCUT2D eigenvalue weighted by Gasteiger charge is -2.30. The minimum atomic E-state index is -0.112. The maximum Gasteiger partial charge on any atom is 0.135 e. The van der Waals surface area contributed by atoms with Gasteiger partial charge in [0, 0.05) is 33.0 Å². The second kappa shape index (κ2) is 11.3. The summed E-state index contributed by atoms with van der Waals surface area (Å²) in [5, 5.41) is 4.77. The first kappa shape index (κ1) is 29.5. The van der Waals surface area contributed by atoms with E-state index in [9.17, 15) is 0 Å². The number of benzene rings is 8. The molecule has 0 spiro atoms. The molecule has 1 aromatic heterocycles. The molecule has 2 nitrogen and oxygen atoms in total. The number of nitrogens with zero attached hydrogens (tertiary/aromatic N) is 1. The van der Waals surface area contributed by atoms with Crippen molar-refractivity contribution in [2.24, 2.45) is 0 Å². The molecule has 0 N–H and O–H groups in total. The van der Waals surface area contributed by atoms with Crippen LogP contribution in [0.5, 0.6) is 0 Å². The first-order valence-corrected chi connectivity index (χ1v) is 17.7. The third kappa shape index (κ3) is 4.57. The van der Waals surface area contributed by atoms with E-state index in [0.717, 1.165) is 44.4 Å². The zero-order chi connectivity index (χ0) is 34.1. The molecular formula is C49H35NO. The lowest BCUT2D eigenvalue weighted by atomic mass is 9.82. The molecule has 0 unspecified atom stereocenters. The molecule has 1 heterocycles. The largest absolute Gasteiger partial charge is 0.456 e. The molecule has 0 aliphatic heterocycles. The van der Waals surface area contributed by atoms with Gasteiger partial charge in [-0.05, 0) is 86.6 Å². The summed E-state index contributed by atoms with van der Waals surface area (Å²) in [5.41, 5.74) is 15.2. The zero-order valence-corrected chi connectivity index (χ0v) is 28.6. The number of fused-ring (bicyclic) bond motifs is 7. The van der Waals surface area contributed by atoms with Crippen molar-refractivity contribution in [1.82, 2.24) is 0 Å². The zero-order valence-electron chi connectivity index (χ0n) is 28.6. The summed E-state index contributed by atoms with van der Waals surface area (Å²) in [6.07, 6.45) is 0. The predicted molar refractivity (Wildman–Crippen MR) is 214 cm³/mol. The Balaban J connectivity index is 1.20. The van der Waals surface area contributed by atoms with Gasteiger partial charge in [0.2, 0.25) is 0 Å². The Hall–Kier alpha value is -6.38. The van der Waals surface area contributed by atoms with E-state index in [1.807, 2.05) is 12.1 Å². The molecule has 0 fully saturated rings. The van der Waals surface area contributed by atoms with Gasteiger partial charge in [-0.25, -0.2) is 0 Å². The van der Waals surface area contributed by atoms with Gasteiger partial charge in [-0.1, -0.05) is 147 Å². The summed E-state index contributed by atoms with van der Waals surface area (Å²) in [5.74, 6) is 0. The fraction of sp³-hybridized carbons (Fsp3) is 0.0612. The summed E-state index contributed by atoms with van der Waals surface area (Å²) in [7, 11) is 0. The summed E-state index contributed by atoms with van der Waals surface area (Å²) in [6, 6.07) is 63.8. The van der Waals surface area contributed by atoms with Crippen LogP contribution in [0, 0.1) is 0 Å². The van der Waals surface area contributed by atoms with Crippen LogP contribution in [-0.2, 0) is 5.41 Å². The molecule has 0 saturated carbocycles. The van der Waals surface area contributed by atoms with Crippen LogP contribution in [0.1, 0.15) is 25.0 Å². The molecule has 1 aliphatic rings. The van der Waals surface area contributed by atoms with Crippen molar-refractivity contribution in [3.8, 4) is 33.4 Å². The van der Waals surface area contributed by atoms with Crippen LogP contribution in [0.4, 0.5) is 17.1 Å². The fourth-order valence-corrected chi connectivity index (χ4v) is 8.40. The van der Waals surface area contributed by atoms with E-state index < -0.39 is 0 Å². The summed E-state index contributed by atoms with van der Waals surface area (Å²) in [6.45, 7) is 4.70. The van der Waals surface area contributed by atoms with E-state index in [4.69, 9.17) is 4.42 Å². The van der Waals surface area contributed by atoms with Gasteiger partial charge in [-0.15, -0.1) is 0 Å². The molecule has 0 radical (unpaired) electrons. The summed E-state index contributed by atoms with van der Waals surface area (Å²) in [4.78, 5) is 2.47. The maximum absolute atomic E-state index is 6.23. The van der Waals surface area contributed by atoms with E-state index in [1.165, 1.54) is 49.8 Å². The molecule has 10 rings (SSSR count). The first-order chi connectivity index (χ1) is 25.1. The van der Waals surface area contributed by atoms with E-state index in [-0.39, 0.29) is 5.41 Å². The highest BCUT2D eigenvalue weighted by Gasteiger charge is 2.38. The first-order valence-electron chi connectivity index (χ1n) is 17.7. The molecule has 1 aliphatic carbocycles. The van der Waals surface area contributed by atoms with Crippen molar-refractivity contribution in [2.45, 2.75) is 19.3 Å². The second-order valence-corrected chi connectivity index (χ2v) is 14.1. The number of anilines is 3. The average Bonchev–Trinajstić information content (AvgIpc) is 3.67. The van der Waals surface area contributed by atoms with E-state index >= 15 is 0 Å². The normalized spacial score (nSPS) is 13.1. The van der Waals surface area contributed by atoms with Gasteiger partial charge in [-0.2, -0.15) is 0 Å². The van der Waals surface area contributed by atoms with E-state index in [2.05, 4.69) is 183 Å². The van der Waals surface area contributed by atoms with E-state index in [0.29, 0.717) is 0 Å². The molecular weight excluding hydrogens is 619 g/mol. The number of hydrogen-bond acceptors (Lipinski definition) is 2. The number of hydrogen-bond donors (Lipinski definition) is 0. The Labute approximate surface area is 297 Å². The molecule has 9 aromatic rings. The second-order valence-electron chi connectivity index (χ2n) is 14.1. The molecule has 8 aromatic carbocycles. The van der Waals surface area contributed by atoms with Crippen LogP contribution in [0.15, 0.2) is 180 Å². The van der Waals surface area contributed by atoms with Crippen molar-refractivity contribution in [3.63, 3.8) is 0 Å². The highest BCUT2D eigenvalue weighted by Crippen LogP contribution is 2.55. The van der Waals surface area contributed by atoms with Gasteiger partial charge in [0.05, 0.1) is 11.4 Å². The molecule has 242 valence electrons. The third-order valence-corrected chi connectivity index (χ3v) is 10.9. The van der Waals surface area contributed by atoms with Crippen LogP contribution in [-0.4, -0.2) is 0 Å². The SMILES string of the molecule is CC1(C)c2ccccc2-c2c(N(c3ccc(-c4cccc5ccccc45)cc3)c3ccccc3-c3ccc4oc5ccccc5c4c3)cccc21. The average molecular weight is 654 g/mol. The summed E-state index contributed by atoms with van der Waals surface area (Å²) >= 11 is 0. The monoisotopic (exact) mass is 653 g/mol. The Morgan fingerprint density at radius 1 is 0.431 bits per heavy atom. The van der Waals surface area contributed by atoms with Crippen LogP contribution in [0.25, 0.3) is 66.1 Å². The van der Waals surface area contributed by atoms with Crippen LogP contribution >= 0.6 is 0 Å². The molecule has 0 amide bonds. The number of furan rings is 1. The van der Waals surface area contributed by atoms with Crippen molar-refractivity contribution in [1.29, 1.82) is 0 Å². The fourth-order valence-electron chi connectivity index (χ4n) is 8.40. The number of rotatable bonds is 5. The van der Waals surface area contributed by atoms with Crippen LogP contribution < -0.4 is 4.90 Å². The summed E-state index contributed by atoms with van der Waals surface area (Å²) < 4.78 is 6.23. The maximum atomic E-state index is 6.23. The Morgan fingerprint density at radius 2 is 1.04 bits per heavy atom. The molecule has 0 saturated heterocycles. The van der Waals surface area contributed by atoms with Gasteiger partial charge in [0.1, 0.15) is 11.2 Å². The third-order valence-electron chi connectivity index (χ3n) is 10.9. The lowest BCUT2D eigenvalue weighted by molar-refractivity contribution is 0.660. The smallest absolute Gasteiger partial charge is 0.135 e. The highest BCUT2D eigenvalue weighted by atomic mass is 16.3. The van der Waals surface area contributed by atoms with Gasteiger partial charge in [-0.3, -0.25) is 0 Å². The molecule has 51 heavy (non-hydrogen) atoms. The predicted octanol–water partition coefficient (Wildman–Crippen LogP) is 13.8. The standard InChI is InChI=1S/C49H35NO/c1-49(2)42-20-8-5-18-40(42)48-43(49)21-12-23-45(48)50(35-28-25-33(26-29-35)37-19-11-14-32-13-3-4-15-36(32)37)44-22-9-6-16-38(44)34-27-30-47-41(31-34)39-17-7-10-24-46(39)51-47/h3-31H,1-2H3. The van der Waals surface area contributed by atoms with Crippen molar-refractivity contribution >= 4 is 49.8 Å². The topological polar surface area (TPSA) is 16.4 Å². The Bertz CT molecular complexity index is 2780. The van der Waals surface area contributed by atoms with Crippen LogP contribution in [0.3, 0.4) is 0 Å². The van der Waals surface area contributed by atoms with Crippen molar-refractivity contribution < 1.29 is 4.42 Å². The molecule has 0 bridgehead atoms. The van der Waals surface area contributed by atoms with Crippen LogP contribution in [0.2, 0.25) is 0 Å². The van der Waals surface area contributed by atoms with Gasteiger partial charge in [0.25, 0.3) is 0 Å². The van der Waals surface area contributed by atoms with E-state index in [1.54, 1.807) is 0 Å². The van der Waals surface area contributed by atoms with Crippen molar-refractivity contribution in [3.05, 3.63) is 187 Å². The lowest BCUT2D eigenvalue weighted by Crippen LogP contribution is -2.16. The van der Waals surface area contributed by atoms with Gasteiger partial charge < -0.3 is 9.32 Å².